The quantitative estimate of drug-likeness (QED) is 0.167. The number of aromatic nitrogens is 6. The Morgan fingerprint density at radius 1 is 0.460 bits per heavy atom. The Balaban J connectivity index is 0.935. The van der Waals surface area contributed by atoms with Crippen LogP contribution in [0.15, 0.2) is 205 Å². The molecule has 7 nitrogen and oxygen atoms in total. The van der Waals surface area contributed by atoms with Gasteiger partial charge in [0.05, 0.1) is 22.1 Å². The highest BCUT2D eigenvalue weighted by atomic mass is 16.3. The molecule has 1 unspecified atom stereocenters. The zero-order valence-corrected chi connectivity index (χ0v) is 33.9. The molecule has 0 amide bonds. The van der Waals surface area contributed by atoms with Gasteiger partial charge in [-0.15, -0.1) is 0 Å². The first kappa shape index (κ1) is 35.3. The average molecular weight is 809 g/mol. The van der Waals surface area contributed by atoms with Crippen molar-refractivity contribution in [3.8, 4) is 45.3 Å². The van der Waals surface area contributed by atoms with Crippen LogP contribution in [0.4, 0.5) is 0 Å². The molecule has 296 valence electrons. The lowest BCUT2D eigenvalue weighted by molar-refractivity contribution is 0.668. The van der Waals surface area contributed by atoms with Crippen molar-refractivity contribution in [3.05, 3.63) is 206 Å². The molecular weight excluding hydrogens is 773 g/mol. The minimum Gasteiger partial charge on any atom is -0.454 e. The number of benzene rings is 7. The van der Waals surface area contributed by atoms with Gasteiger partial charge in [-0.25, -0.2) is 4.98 Å². The summed E-state index contributed by atoms with van der Waals surface area (Å²) in [6, 6.07) is 60.1. The van der Waals surface area contributed by atoms with E-state index in [2.05, 4.69) is 178 Å². The molecule has 1 aliphatic carbocycles. The third-order valence-electron chi connectivity index (χ3n) is 12.5. The topological polar surface area (TPSA) is 74.6 Å². The summed E-state index contributed by atoms with van der Waals surface area (Å²) in [5.74, 6) is 2.10. The molecule has 0 fully saturated rings. The number of para-hydroxylation sites is 2. The van der Waals surface area contributed by atoms with Crippen molar-refractivity contribution < 1.29 is 4.42 Å². The molecule has 0 aliphatic heterocycles. The number of furan rings is 1. The number of allylic oxidation sites excluding steroid dienone is 4. The van der Waals surface area contributed by atoms with Crippen LogP contribution in [-0.4, -0.2) is 29.1 Å². The highest BCUT2D eigenvalue weighted by molar-refractivity contribution is 6.12. The number of rotatable bonds is 6. The number of nitrogens with zero attached hydrogens (tertiary/aromatic N) is 6. The Bertz CT molecular complexity index is 3850. The second-order valence-electron chi connectivity index (χ2n) is 16.2. The summed E-state index contributed by atoms with van der Waals surface area (Å²) in [6.45, 7) is 0. The number of pyridine rings is 1. The molecule has 5 heterocycles. The molecule has 0 spiro atoms. The van der Waals surface area contributed by atoms with E-state index in [1.165, 1.54) is 10.8 Å². The normalized spacial score (nSPS) is 14.0. The summed E-state index contributed by atoms with van der Waals surface area (Å²) < 4.78 is 10.7. The van der Waals surface area contributed by atoms with E-state index in [-0.39, 0.29) is 5.92 Å². The van der Waals surface area contributed by atoms with Crippen molar-refractivity contribution in [2.24, 2.45) is 0 Å². The van der Waals surface area contributed by atoms with Gasteiger partial charge in [0.15, 0.2) is 11.4 Å². The predicted molar refractivity (Wildman–Crippen MR) is 256 cm³/mol. The van der Waals surface area contributed by atoms with E-state index in [9.17, 15) is 0 Å². The van der Waals surface area contributed by atoms with Crippen molar-refractivity contribution in [1.29, 1.82) is 0 Å². The van der Waals surface area contributed by atoms with Crippen molar-refractivity contribution in [1.82, 2.24) is 29.1 Å². The van der Waals surface area contributed by atoms with Crippen LogP contribution in [0, 0.1) is 0 Å². The molecule has 13 rings (SSSR count). The lowest BCUT2D eigenvalue weighted by Crippen LogP contribution is -2.11. The number of hydrogen-bond acceptors (Lipinski definition) is 5. The van der Waals surface area contributed by atoms with Crippen LogP contribution in [0.5, 0.6) is 0 Å². The van der Waals surface area contributed by atoms with Crippen LogP contribution in [-0.2, 0) is 0 Å². The van der Waals surface area contributed by atoms with Gasteiger partial charge < -0.3 is 8.98 Å². The van der Waals surface area contributed by atoms with Crippen LogP contribution < -0.4 is 0 Å². The summed E-state index contributed by atoms with van der Waals surface area (Å²) in [7, 11) is 0. The third kappa shape index (κ3) is 5.74. The lowest BCUT2D eigenvalue weighted by atomic mass is 9.97. The van der Waals surface area contributed by atoms with E-state index in [0.29, 0.717) is 11.8 Å². The average Bonchev–Trinajstić information content (AvgIpc) is 4.01. The van der Waals surface area contributed by atoms with Crippen molar-refractivity contribution in [2.45, 2.75) is 12.3 Å². The Hall–Kier alpha value is -8.42. The molecule has 1 atom stereocenters. The van der Waals surface area contributed by atoms with E-state index >= 15 is 0 Å². The molecule has 7 heteroatoms. The SMILES string of the molecule is C1=CCC(c2nc(-c3ccccc3)nc(-n3c4ccccc4c4ccc(-c5cccc(-c6ccc7c(c6)c6ccccc6n7-c6ccc7oc8cccnc8c7c6)c5)cc43)n2)C=C1. The smallest absolute Gasteiger partial charge is 0.238 e. The van der Waals surface area contributed by atoms with Gasteiger partial charge in [0.1, 0.15) is 16.9 Å². The Labute approximate surface area is 361 Å². The van der Waals surface area contributed by atoms with Crippen LogP contribution in [0.2, 0.25) is 0 Å². The first-order chi connectivity index (χ1) is 31.2. The Morgan fingerprint density at radius 3 is 2.02 bits per heavy atom. The summed E-state index contributed by atoms with van der Waals surface area (Å²) in [6.07, 6.45) is 11.2. The Kier molecular flexibility index (Phi) is 7.90. The number of fused-ring (bicyclic) bond motifs is 9. The molecule has 0 saturated heterocycles. The fourth-order valence-corrected chi connectivity index (χ4v) is 9.53. The third-order valence-corrected chi connectivity index (χ3v) is 12.5. The van der Waals surface area contributed by atoms with Gasteiger partial charge in [-0.3, -0.25) is 9.55 Å². The molecule has 5 aromatic heterocycles. The maximum atomic E-state index is 6.13. The zero-order chi connectivity index (χ0) is 41.4. The molecule has 7 aromatic carbocycles. The van der Waals surface area contributed by atoms with Crippen LogP contribution in [0.1, 0.15) is 18.2 Å². The highest BCUT2D eigenvalue weighted by Crippen LogP contribution is 2.39. The molecule has 63 heavy (non-hydrogen) atoms. The number of hydrogen-bond donors (Lipinski definition) is 0. The summed E-state index contributed by atoms with van der Waals surface area (Å²) in [5.41, 5.74) is 13.4. The van der Waals surface area contributed by atoms with Crippen LogP contribution >= 0.6 is 0 Å². The van der Waals surface area contributed by atoms with Gasteiger partial charge in [0, 0.05) is 50.3 Å². The predicted octanol–water partition coefficient (Wildman–Crippen LogP) is 14.0. The fourth-order valence-electron chi connectivity index (χ4n) is 9.53. The standard InChI is InChI=1S/C56H36N6O/c1-3-13-35(14-4-1)54-58-55(36-15-5-2-6-16-36)60-56(59-54)62-48-22-10-7-19-42(48)44-27-24-40(33-50(44)62)38-18-11-17-37(31-38)39-25-28-49-45(32-39)43-20-8-9-21-47(43)61(49)41-26-29-51-46(34-41)53-52(63-51)23-12-30-57-53/h1-15,17-34,36H,16H2. The molecule has 0 radical (unpaired) electrons. The van der Waals surface area contributed by atoms with E-state index in [0.717, 1.165) is 101 Å². The van der Waals surface area contributed by atoms with E-state index in [1.807, 2.05) is 36.5 Å². The fraction of sp³-hybridized carbons (Fsp3) is 0.0357. The van der Waals surface area contributed by atoms with Gasteiger partial charge >= 0.3 is 0 Å². The molecule has 1 aliphatic rings. The summed E-state index contributed by atoms with van der Waals surface area (Å²) in [5, 5.41) is 5.70. The molecular formula is C56H36N6O. The minimum absolute atomic E-state index is 0.0613. The van der Waals surface area contributed by atoms with E-state index in [4.69, 9.17) is 19.4 Å². The lowest BCUT2D eigenvalue weighted by Gasteiger charge is -2.15. The van der Waals surface area contributed by atoms with Crippen molar-refractivity contribution in [2.75, 3.05) is 0 Å². The largest absolute Gasteiger partial charge is 0.454 e. The van der Waals surface area contributed by atoms with Crippen molar-refractivity contribution in [3.63, 3.8) is 0 Å². The van der Waals surface area contributed by atoms with Crippen molar-refractivity contribution >= 4 is 65.7 Å². The monoisotopic (exact) mass is 808 g/mol. The van der Waals surface area contributed by atoms with Gasteiger partial charge in [0.25, 0.3) is 0 Å². The maximum absolute atomic E-state index is 6.13. The van der Waals surface area contributed by atoms with E-state index in [1.54, 1.807) is 0 Å². The molecule has 12 aromatic rings. The summed E-state index contributed by atoms with van der Waals surface area (Å²) in [4.78, 5) is 20.1. The van der Waals surface area contributed by atoms with E-state index < -0.39 is 0 Å². The maximum Gasteiger partial charge on any atom is 0.238 e. The van der Waals surface area contributed by atoms with Gasteiger partial charge in [-0.05, 0) is 95.4 Å². The molecule has 0 N–H and O–H groups in total. The van der Waals surface area contributed by atoms with Gasteiger partial charge in [-0.1, -0.05) is 127 Å². The zero-order valence-electron chi connectivity index (χ0n) is 33.9. The summed E-state index contributed by atoms with van der Waals surface area (Å²) >= 11 is 0. The first-order valence-electron chi connectivity index (χ1n) is 21.3. The van der Waals surface area contributed by atoms with Crippen LogP contribution in [0.3, 0.4) is 0 Å². The van der Waals surface area contributed by atoms with Gasteiger partial charge in [0.2, 0.25) is 5.95 Å². The highest BCUT2D eigenvalue weighted by Gasteiger charge is 2.21. The van der Waals surface area contributed by atoms with Gasteiger partial charge in [-0.2, -0.15) is 9.97 Å². The molecule has 0 saturated carbocycles. The first-order valence-corrected chi connectivity index (χ1v) is 21.3. The molecule has 0 bridgehead atoms. The second-order valence-corrected chi connectivity index (χ2v) is 16.2. The second kappa shape index (κ2) is 14.1. The van der Waals surface area contributed by atoms with Crippen LogP contribution in [0.25, 0.3) is 111 Å². The Morgan fingerprint density at radius 2 is 1.17 bits per heavy atom. The minimum atomic E-state index is 0.0613.